The van der Waals surface area contributed by atoms with Crippen molar-refractivity contribution in [1.29, 1.82) is 0 Å². The molecule has 1 unspecified atom stereocenters. The van der Waals surface area contributed by atoms with Crippen LogP contribution in [0.2, 0.25) is 0 Å². The third kappa shape index (κ3) is 1.97. The van der Waals surface area contributed by atoms with Gasteiger partial charge in [0.2, 0.25) is 0 Å². The van der Waals surface area contributed by atoms with Gasteiger partial charge in [-0.2, -0.15) is 0 Å². The van der Waals surface area contributed by atoms with Gasteiger partial charge in [0.05, 0.1) is 12.2 Å². The second-order valence-electron chi connectivity index (χ2n) is 6.16. The van der Waals surface area contributed by atoms with Crippen LogP contribution in [0.3, 0.4) is 0 Å². The van der Waals surface area contributed by atoms with Gasteiger partial charge < -0.3 is 9.84 Å². The molecule has 0 spiro atoms. The lowest BCUT2D eigenvalue weighted by Gasteiger charge is -2.31. The number of halogens is 1. The quantitative estimate of drug-likeness (QED) is 0.926. The highest BCUT2D eigenvalue weighted by Gasteiger charge is 2.52. The molecule has 1 fully saturated rings. The zero-order chi connectivity index (χ0) is 13.0. The van der Waals surface area contributed by atoms with Crippen LogP contribution in [-0.4, -0.2) is 17.3 Å². The molecule has 1 saturated carbocycles. The summed E-state index contributed by atoms with van der Waals surface area (Å²) < 4.78 is 6.81. The first-order valence-corrected chi connectivity index (χ1v) is 7.37. The molecule has 1 aliphatic heterocycles. The van der Waals surface area contributed by atoms with Crippen molar-refractivity contribution in [2.45, 2.75) is 45.1 Å². The summed E-state index contributed by atoms with van der Waals surface area (Å²) in [5.74, 6) is 1.00. The Morgan fingerprint density at radius 3 is 2.83 bits per heavy atom. The second-order valence-corrected chi connectivity index (χ2v) is 7.08. The summed E-state index contributed by atoms with van der Waals surface area (Å²) in [5.41, 5.74) is 1.83. The van der Waals surface area contributed by atoms with E-state index in [4.69, 9.17) is 4.74 Å². The van der Waals surface area contributed by atoms with E-state index in [1.807, 2.05) is 6.92 Å². The summed E-state index contributed by atoms with van der Waals surface area (Å²) >= 11 is 3.55. The van der Waals surface area contributed by atoms with Crippen molar-refractivity contribution in [1.82, 2.24) is 0 Å². The number of ether oxygens (including phenoxy) is 1. The molecule has 2 nitrogen and oxygen atoms in total. The fraction of sp³-hybridized carbons (Fsp3) is 0.600. The minimum absolute atomic E-state index is 0.0841. The predicted octanol–water partition coefficient (Wildman–Crippen LogP) is 3.48. The number of rotatable bonds is 3. The standard InChI is InChI=1S/C15H19BrO2/c1-14(4-5-14)15(2,17)9-11-8-12(16)7-10-3-6-18-13(10)11/h7-8,17H,3-6,9H2,1-2H3. The fourth-order valence-electron chi connectivity index (χ4n) is 2.79. The zero-order valence-corrected chi connectivity index (χ0v) is 12.5. The Kier molecular flexibility index (Phi) is 2.76. The van der Waals surface area contributed by atoms with Crippen molar-refractivity contribution in [3.63, 3.8) is 0 Å². The van der Waals surface area contributed by atoms with Gasteiger partial charge >= 0.3 is 0 Å². The molecular formula is C15H19BrO2. The van der Waals surface area contributed by atoms with Crippen LogP contribution in [0, 0.1) is 5.41 Å². The zero-order valence-electron chi connectivity index (χ0n) is 10.9. The molecule has 1 aliphatic carbocycles. The molecule has 18 heavy (non-hydrogen) atoms. The van der Waals surface area contributed by atoms with Gasteiger partial charge in [-0.15, -0.1) is 0 Å². The smallest absolute Gasteiger partial charge is 0.125 e. The van der Waals surface area contributed by atoms with E-state index in [1.54, 1.807) is 0 Å². The third-order valence-corrected chi connectivity index (χ3v) is 5.12. The van der Waals surface area contributed by atoms with Crippen molar-refractivity contribution in [2.24, 2.45) is 5.41 Å². The number of fused-ring (bicyclic) bond motifs is 1. The van der Waals surface area contributed by atoms with Crippen LogP contribution in [0.4, 0.5) is 0 Å². The molecule has 1 atom stereocenters. The number of benzene rings is 1. The molecule has 1 aromatic carbocycles. The molecule has 0 aromatic heterocycles. The van der Waals surface area contributed by atoms with Gasteiger partial charge in [-0.05, 0) is 48.4 Å². The lowest BCUT2D eigenvalue weighted by molar-refractivity contribution is -0.00745. The topological polar surface area (TPSA) is 29.5 Å². The van der Waals surface area contributed by atoms with Crippen LogP contribution < -0.4 is 4.74 Å². The molecule has 3 heteroatoms. The molecule has 1 N–H and O–H groups in total. The maximum absolute atomic E-state index is 10.7. The van der Waals surface area contributed by atoms with Crippen molar-refractivity contribution in [3.05, 3.63) is 27.7 Å². The van der Waals surface area contributed by atoms with Crippen molar-refractivity contribution in [2.75, 3.05) is 6.61 Å². The first-order chi connectivity index (χ1) is 8.41. The molecule has 3 rings (SSSR count). The van der Waals surface area contributed by atoms with Gasteiger partial charge in [0.25, 0.3) is 0 Å². The van der Waals surface area contributed by atoms with Gasteiger partial charge in [0, 0.05) is 17.3 Å². The van der Waals surface area contributed by atoms with Gasteiger partial charge in [0.15, 0.2) is 0 Å². The monoisotopic (exact) mass is 310 g/mol. The minimum Gasteiger partial charge on any atom is -0.493 e. The molecule has 2 aliphatic rings. The Morgan fingerprint density at radius 1 is 1.44 bits per heavy atom. The fourth-order valence-corrected chi connectivity index (χ4v) is 3.34. The molecule has 1 heterocycles. The summed E-state index contributed by atoms with van der Waals surface area (Å²) in [7, 11) is 0. The van der Waals surface area contributed by atoms with Crippen LogP contribution in [0.1, 0.15) is 37.8 Å². The van der Waals surface area contributed by atoms with Crippen molar-refractivity contribution in [3.8, 4) is 5.75 Å². The second kappa shape index (κ2) is 3.97. The first kappa shape index (κ1) is 12.5. The first-order valence-electron chi connectivity index (χ1n) is 6.58. The molecular weight excluding hydrogens is 292 g/mol. The van der Waals surface area contributed by atoms with Crippen molar-refractivity contribution < 1.29 is 9.84 Å². The molecule has 1 aromatic rings. The average molecular weight is 311 g/mol. The van der Waals surface area contributed by atoms with E-state index in [0.717, 1.165) is 41.7 Å². The van der Waals surface area contributed by atoms with Gasteiger partial charge in [-0.3, -0.25) is 0 Å². The van der Waals surface area contributed by atoms with E-state index in [0.29, 0.717) is 6.42 Å². The van der Waals surface area contributed by atoms with Gasteiger partial charge in [0.1, 0.15) is 5.75 Å². The minimum atomic E-state index is -0.645. The summed E-state index contributed by atoms with van der Waals surface area (Å²) in [6, 6.07) is 4.21. The maximum atomic E-state index is 10.7. The number of hydrogen-bond acceptors (Lipinski definition) is 2. The van der Waals surface area contributed by atoms with E-state index in [1.165, 1.54) is 5.56 Å². The summed E-state index contributed by atoms with van der Waals surface area (Å²) in [6.45, 7) is 4.90. The Balaban J connectivity index is 1.93. The lowest BCUT2D eigenvalue weighted by Crippen LogP contribution is -2.36. The van der Waals surface area contributed by atoms with Crippen LogP contribution in [0.25, 0.3) is 0 Å². The molecule has 0 saturated heterocycles. The molecule has 0 bridgehead atoms. The highest BCUT2D eigenvalue weighted by molar-refractivity contribution is 9.10. The maximum Gasteiger partial charge on any atom is 0.125 e. The molecule has 98 valence electrons. The van der Waals surface area contributed by atoms with Gasteiger partial charge in [-0.25, -0.2) is 0 Å². The summed E-state index contributed by atoms with van der Waals surface area (Å²) in [6.07, 6.45) is 3.89. The van der Waals surface area contributed by atoms with Crippen LogP contribution in [0.15, 0.2) is 16.6 Å². The Bertz CT molecular complexity index is 490. The number of hydrogen-bond donors (Lipinski definition) is 1. The highest BCUT2D eigenvalue weighted by atomic mass is 79.9. The lowest BCUT2D eigenvalue weighted by atomic mass is 9.82. The van der Waals surface area contributed by atoms with Crippen molar-refractivity contribution >= 4 is 15.9 Å². The highest BCUT2D eigenvalue weighted by Crippen LogP contribution is 2.55. The predicted molar refractivity (Wildman–Crippen MR) is 75.0 cm³/mol. The van der Waals surface area contributed by atoms with E-state index in [9.17, 15) is 5.11 Å². The largest absolute Gasteiger partial charge is 0.493 e. The summed E-state index contributed by atoms with van der Waals surface area (Å²) in [4.78, 5) is 0. The van der Waals surface area contributed by atoms with Crippen LogP contribution >= 0.6 is 15.9 Å². The van der Waals surface area contributed by atoms with Crippen LogP contribution in [0.5, 0.6) is 5.75 Å². The van der Waals surface area contributed by atoms with Gasteiger partial charge in [-0.1, -0.05) is 22.9 Å². The number of aliphatic hydroxyl groups is 1. The normalized spacial score (nSPS) is 23.1. The van der Waals surface area contributed by atoms with E-state index >= 15 is 0 Å². The Morgan fingerprint density at radius 2 is 2.17 bits per heavy atom. The Hall–Kier alpha value is -0.540. The summed E-state index contributed by atoms with van der Waals surface area (Å²) in [5, 5.41) is 10.7. The van der Waals surface area contributed by atoms with Crippen LogP contribution in [-0.2, 0) is 12.8 Å². The SMILES string of the molecule is CC(O)(Cc1cc(Br)cc2c1OCC2)C1(C)CC1. The molecule has 0 amide bonds. The third-order valence-electron chi connectivity index (χ3n) is 4.66. The average Bonchev–Trinajstić information content (AvgIpc) is 2.87. The molecule has 0 radical (unpaired) electrons. The van der Waals surface area contributed by atoms with E-state index in [-0.39, 0.29) is 5.41 Å². The van der Waals surface area contributed by atoms with E-state index < -0.39 is 5.60 Å². The Labute approximate surface area is 116 Å². The van der Waals surface area contributed by atoms with E-state index in [2.05, 4.69) is 35.0 Å².